The summed E-state index contributed by atoms with van der Waals surface area (Å²) in [5, 5.41) is 2.85. The Bertz CT molecular complexity index is 1140. The van der Waals surface area contributed by atoms with Crippen LogP contribution in [0.3, 0.4) is 0 Å². The van der Waals surface area contributed by atoms with Gasteiger partial charge >= 0.3 is 0 Å². The largest absolute Gasteiger partial charge is 0.493 e. The Morgan fingerprint density at radius 1 is 1.10 bits per heavy atom. The number of hydrogen-bond donors (Lipinski definition) is 1. The smallest absolute Gasteiger partial charge is 0.265 e. The zero-order valence-corrected chi connectivity index (χ0v) is 18.0. The fraction of sp³-hybridized carbons (Fsp3) is 0.318. The third-order valence-electron chi connectivity index (χ3n) is 5.56. The number of carbonyl (C=O) groups is 1. The summed E-state index contributed by atoms with van der Waals surface area (Å²) in [7, 11) is -0.815. The third-order valence-corrected chi connectivity index (χ3v) is 7.44. The van der Waals surface area contributed by atoms with Gasteiger partial charge in [0.2, 0.25) is 9.84 Å². The molecule has 1 saturated heterocycles. The van der Waals surface area contributed by atoms with Gasteiger partial charge in [-0.15, -0.1) is 0 Å². The maximum absolute atomic E-state index is 13.3. The number of para-hydroxylation sites is 1. The molecule has 1 fully saturated rings. The monoisotopic (exact) mass is 428 g/mol. The molecule has 158 valence electrons. The summed E-state index contributed by atoms with van der Waals surface area (Å²) in [4.78, 5) is 15.2. The molecule has 2 aromatic rings. The lowest BCUT2D eigenvalue weighted by atomic mass is 10.1. The predicted molar refractivity (Wildman–Crippen MR) is 113 cm³/mol. The molecule has 2 heterocycles. The minimum Gasteiger partial charge on any atom is -0.493 e. The molecule has 0 unspecified atom stereocenters. The van der Waals surface area contributed by atoms with Crippen molar-refractivity contribution in [3.63, 3.8) is 0 Å². The highest BCUT2D eigenvalue weighted by molar-refractivity contribution is 7.96. The second kappa shape index (κ2) is 7.68. The van der Waals surface area contributed by atoms with Gasteiger partial charge in [-0.2, -0.15) is 0 Å². The van der Waals surface area contributed by atoms with Crippen molar-refractivity contribution in [2.75, 3.05) is 25.7 Å². The minimum atomic E-state index is -3.91. The fourth-order valence-electron chi connectivity index (χ4n) is 4.07. The molecule has 0 saturated carbocycles. The maximum atomic E-state index is 13.3. The Balaban J connectivity index is 1.68. The van der Waals surface area contributed by atoms with Crippen molar-refractivity contribution in [1.29, 1.82) is 0 Å². The first-order chi connectivity index (χ1) is 14.4. The number of nitrogens with one attached hydrogen (secondary N) is 1. The molecule has 0 aliphatic carbocycles. The van der Waals surface area contributed by atoms with Crippen molar-refractivity contribution in [3.8, 4) is 11.5 Å². The number of methoxy groups -OCH3 is 2. The first-order valence-electron chi connectivity index (χ1n) is 9.76. The second-order valence-electron chi connectivity index (χ2n) is 7.31. The number of sulfone groups is 1. The van der Waals surface area contributed by atoms with Crippen LogP contribution in [0.5, 0.6) is 11.5 Å². The van der Waals surface area contributed by atoms with Crippen LogP contribution >= 0.6 is 0 Å². The quantitative estimate of drug-likeness (QED) is 0.787. The summed E-state index contributed by atoms with van der Waals surface area (Å²) in [6.07, 6.45) is 1.36. The van der Waals surface area contributed by atoms with Crippen LogP contribution in [0, 0.1) is 0 Å². The van der Waals surface area contributed by atoms with E-state index >= 15 is 0 Å². The van der Waals surface area contributed by atoms with E-state index in [1.807, 2.05) is 17.0 Å². The summed E-state index contributed by atoms with van der Waals surface area (Å²) in [6.45, 7) is 2.50. The summed E-state index contributed by atoms with van der Waals surface area (Å²) >= 11 is 0. The molecule has 1 atom stereocenters. The van der Waals surface area contributed by atoms with Crippen molar-refractivity contribution in [3.05, 3.63) is 58.6 Å². The molecular weight excluding hydrogens is 404 g/mol. The van der Waals surface area contributed by atoms with E-state index in [4.69, 9.17) is 9.47 Å². The topological polar surface area (TPSA) is 84.9 Å². The number of allylic oxidation sites excluding steroid dienone is 1. The SMILES string of the molecule is COc1ccc([C@H](C)NC(=O)C2=C3CCCN3c3ccccc3S2(=O)=O)cc1OC. The van der Waals surface area contributed by atoms with Gasteiger partial charge in [-0.25, -0.2) is 8.42 Å². The van der Waals surface area contributed by atoms with E-state index in [1.165, 1.54) is 7.11 Å². The summed E-state index contributed by atoms with van der Waals surface area (Å²) in [5.41, 5.74) is 2.00. The van der Waals surface area contributed by atoms with Gasteiger partial charge in [0.05, 0.1) is 30.8 Å². The Labute approximate surface area is 176 Å². The molecular formula is C22H24N2O5S. The van der Waals surface area contributed by atoms with Crippen LogP contribution < -0.4 is 19.7 Å². The van der Waals surface area contributed by atoms with Gasteiger partial charge in [-0.3, -0.25) is 4.79 Å². The zero-order chi connectivity index (χ0) is 21.5. The Hall–Kier alpha value is -3.00. The van der Waals surface area contributed by atoms with Crippen molar-refractivity contribution in [2.24, 2.45) is 0 Å². The van der Waals surface area contributed by atoms with Crippen LogP contribution in [0.2, 0.25) is 0 Å². The zero-order valence-electron chi connectivity index (χ0n) is 17.1. The van der Waals surface area contributed by atoms with E-state index in [1.54, 1.807) is 44.4 Å². The molecule has 7 nitrogen and oxygen atoms in total. The number of carbonyl (C=O) groups excluding carboxylic acids is 1. The standard InChI is InChI=1S/C22H24N2O5S/c1-14(15-10-11-18(28-2)19(13-15)29-3)23-22(25)21-17-8-6-12-24(17)16-7-4-5-9-20(16)30(21,26)27/h4-5,7,9-11,13-14H,6,8,12H2,1-3H3,(H,23,25)/t14-/m0/s1. The van der Waals surface area contributed by atoms with E-state index in [9.17, 15) is 13.2 Å². The highest BCUT2D eigenvalue weighted by Gasteiger charge is 2.41. The van der Waals surface area contributed by atoms with E-state index in [2.05, 4.69) is 5.32 Å². The number of fused-ring (bicyclic) bond motifs is 3. The van der Waals surface area contributed by atoms with Crippen LogP contribution in [0.4, 0.5) is 5.69 Å². The van der Waals surface area contributed by atoms with Crippen LogP contribution in [0.15, 0.2) is 58.0 Å². The molecule has 2 aliphatic rings. The van der Waals surface area contributed by atoms with Crippen LogP contribution in [0.25, 0.3) is 0 Å². The third kappa shape index (κ3) is 3.21. The number of nitrogens with zero attached hydrogens (tertiary/aromatic N) is 1. The van der Waals surface area contributed by atoms with Gasteiger partial charge in [0.1, 0.15) is 0 Å². The highest BCUT2D eigenvalue weighted by Crippen LogP contribution is 2.43. The van der Waals surface area contributed by atoms with Gasteiger partial charge in [0.15, 0.2) is 16.4 Å². The molecule has 1 N–H and O–H groups in total. The summed E-state index contributed by atoms with van der Waals surface area (Å²) < 4.78 is 37.2. The molecule has 30 heavy (non-hydrogen) atoms. The molecule has 0 spiro atoms. The van der Waals surface area contributed by atoms with E-state index in [-0.39, 0.29) is 9.80 Å². The summed E-state index contributed by atoms with van der Waals surface area (Å²) in [6, 6.07) is 11.8. The lowest BCUT2D eigenvalue weighted by Crippen LogP contribution is -2.36. The van der Waals surface area contributed by atoms with Crippen molar-refractivity contribution >= 4 is 21.4 Å². The molecule has 0 radical (unpaired) electrons. The number of amides is 1. The summed E-state index contributed by atoms with van der Waals surface area (Å²) in [5.74, 6) is 0.533. The fourth-order valence-corrected chi connectivity index (χ4v) is 5.83. The first-order valence-corrected chi connectivity index (χ1v) is 11.2. The van der Waals surface area contributed by atoms with Gasteiger partial charge < -0.3 is 19.7 Å². The first kappa shape index (κ1) is 20.3. The van der Waals surface area contributed by atoms with Gasteiger partial charge in [-0.1, -0.05) is 18.2 Å². The normalized spacial score (nSPS) is 17.8. The number of rotatable bonds is 5. The molecule has 4 rings (SSSR count). The number of hydrogen-bond acceptors (Lipinski definition) is 6. The second-order valence-corrected chi connectivity index (χ2v) is 9.17. The van der Waals surface area contributed by atoms with Crippen molar-refractivity contribution < 1.29 is 22.7 Å². The number of ether oxygens (including phenoxy) is 2. The average Bonchev–Trinajstić information content (AvgIpc) is 3.22. The predicted octanol–water partition coefficient (Wildman–Crippen LogP) is 3.18. The van der Waals surface area contributed by atoms with E-state index in [0.717, 1.165) is 12.0 Å². The van der Waals surface area contributed by atoms with Crippen molar-refractivity contribution in [2.45, 2.75) is 30.7 Å². The van der Waals surface area contributed by atoms with Crippen molar-refractivity contribution in [1.82, 2.24) is 5.32 Å². The van der Waals surface area contributed by atoms with Crippen LogP contribution in [-0.2, 0) is 14.6 Å². The average molecular weight is 429 g/mol. The Morgan fingerprint density at radius 3 is 2.57 bits per heavy atom. The molecule has 1 amide bonds. The Morgan fingerprint density at radius 2 is 1.83 bits per heavy atom. The molecule has 0 bridgehead atoms. The van der Waals surface area contributed by atoms with E-state index in [0.29, 0.717) is 35.8 Å². The molecule has 0 aromatic heterocycles. The molecule has 2 aliphatic heterocycles. The number of benzene rings is 2. The van der Waals surface area contributed by atoms with Gasteiger partial charge in [-0.05, 0) is 49.6 Å². The number of anilines is 1. The van der Waals surface area contributed by atoms with E-state index < -0.39 is 21.8 Å². The minimum absolute atomic E-state index is 0.147. The molecule has 2 aromatic carbocycles. The van der Waals surface area contributed by atoms with Gasteiger partial charge in [0.25, 0.3) is 5.91 Å². The van der Waals surface area contributed by atoms with Gasteiger partial charge in [0, 0.05) is 12.2 Å². The maximum Gasteiger partial charge on any atom is 0.265 e. The van der Waals surface area contributed by atoms with Crippen LogP contribution in [0.1, 0.15) is 31.4 Å². The lowest BCUT2D eigenvalue weighted by Gasteiger charge is -2.30. The van der Waals surface area contributed by atoms with Crippen LogP contribution in [-0.4, -0.2) is 35.1 Å². The molecule has 8 heteroatoms. The highest BCUT2D eigenvalue weighted by atomic mass is 32.2. The Kier molecular flexibility index (Phi) is 5.19. The lowest BCUT2D eigenvalue weighted by molar-refractivity contribution is -0.117.